The number of nitrogens with one attached hydrogen (secondary N) is 1. The summed E-state index contributed by atoms with van der Waals surface area (Å²) < 4.78 is 11.8. The van der Waals surface area contributed by atoms with Gasteiger partial charge in [-0.05, 0) is 36.8 Å². The molecule has 0 saturated carbocycles. The molecule has 3 rings (SSSR count). The number of rotatable bonds is 9. The molecule has 1 aromatic heterocycles. The molecule has 1 heterocycles. The number of amides is 1. The maximum atomic E-state index is 12.1. The number of para-hydroxylation sites is 2. The van der Waals surface area contributed by atoms with Crippen LogP contribution in [-0.2, 0) is 27.3 Å². The lowest BCUT2D eigenvalue weighted by Gasteiger charge is -2.17. The lowest BCUT2D eigenvalue weighted by Crippen LogP contribution is -2.33. The third-order valence-electron chi connectivity index (χ3n) is 4.78. The van der Waals surface area contributed by atoms with E-state index in [0.29, 0.717) is 22.3 Å². The Morgan fingerprint density at radius 1 is 1.12 bits per heavy atom. The van der Waals surface area contributed by atoms with Gasteiger partial charge in [-0.25, -0.2) is 14.6 Å². The molecule has 0 aliphatic carbocycles. The van der Waals surface area contributed by atoms with Crippen molar-refractivity contribution < 1.29 is 29.0 Å². The summed E-state index contributed by atoms with van der Waals surface area (Å²) in [6, 6.07) is 12.8. The first-order valence-corrected chi connectivity index (χ1v) is 10.4. The minimum absolute atomic E-state index is 0.102. The summed E-state index contributed by atoms with van der Waals surface area (Å²) in [4.78, 5) is 41.5. The highest BCUT2D eigenvalue weighted by Gasteiger charge is 2.22. The third kappa shape index (κ3) is 6.00. The number of carboxylic acids is 1. The molecule has 2 aromatic carbocycles. The Kier molecular flexibility index (Phi) is 7.50. The van der Waals surface area contributed by atoms with Crippen LogP contribution in [0.5, 0.6) is 5.75 Å². The third-order valence-corrected chi connectivity index (χ3v) is 4.78. The molecule has 0 aliphatic rings. The predicted octanol–water partition coefficient (Wildman–Crippen LogP) is 2.77. The van der Waals surface area contributed by atoms with E-state index in [1.807, 2.05) is 12.1 Å². The smallest absolute Gasteiger partial charge is 0.414 e. The summed E-state index contributed by atoms with van der Waals surface area (Å²) in [5.41, 5.74) is 2.03. The standard InChI is InChI=1S/C23H26N4O6/c1-4-32-20(28)14-27-19-8-6-5-7-17(19)24-22(27)25-18(21(29)30)13-15-9-11-16(12-10-15)33-23(31)26(2)3/h5-12,18H,4,13-14H2,1-3H3,(H,24,25)(H,29,30)/t18-/m0/s1. The minimum Gasteiger partial charge on any atom is -0.480 e. The molecule has 10 heteroatoms. The Hall–Kier alpha value is -4.08. The largest absolute Gasteiger partial charge is 0.480 e. The van der Waals surface area contributed by atoms with Crippen LogP contribution in [0.1, 0.15) is 12.5 Å². The van der Waals surface area contributed by atoms with Gasteiger partial charge in [0.15, 0.2) is 0 Å². The topological polar surface area (TPSA) is 123 Å². The van der Waals surface area contributed by atoms with Gasteiger partial charge in [0.05, 0.1) is 17.6 Å². The van der Waals surface area contributed by atoms with Crippen molar-refractivity contribution >= 4 is 35.0 Å². The number of hydrogen-bond donors (Lipinski definition) is 2. The van der Waals surface area contributed by atoms with E-state index in [4.69, 9.17) is 9.47 Å². The average Bonchev–Trinajstić information content (AvgIpc) is 3.11. The van der Waals surface area contributed by atoms with Crippen LogP contribution >= 0.6 is 0 Å². The van der Waals surface area contributed by atoms with Crippen molar-refractivity contribution in [3.63, 3.8) is 0 Å². The SMILES string of the molecule is CCOC(=O)Cn1c(N[C@@H](Cc2ccc(OC(=O)N(C)C)cc2)C(=O)O)nc2ccccc21. The molecule has 2 N–H and O–H groups in total. The van der Waals surface area contributed by atoms with E-state index in [0.717, 1.165) is 0 Å². The Morgan fingerprint density at radius 3 is 2.45 bits per heavy atom. The first-order chi connectivity index (χ1) is 15.8. The molecule has 0 unspecified atom stereocenters. The average molecular weight is 454 g/mol. The second-order valence-corrected chi connectivity index (χ2v) is 7.46. The summed E-state index contributed by atoms with van der Waals surface area (Å²) in [7, 11) is 3.16. The van der Waals surface area contributed by atoms with Crippen molar-refractivity contribution in [3.8, 4) is 5.75 Å². The number of carboxylic acid groups (broad SMARTS) is 1. The van der Waals surface area contributed by atoms with Crippen molar-refractivity contribution in [2.24, 2.45) is 0 Å². The van der Waals surface area contributed by atoms with Crippen LogP contribution in [0, 0.1) is 0 Å². The van der Waals surface area contributed by atoms with Crippen molar-refractivity contribution in [1.29, 1.82) is 0 Å². The summed E-state index contributed by atoms with van der Waals surface area (Å²) in [5.74, 6) is -0.909. The molecule has 0 aliphatic heterocycles. The van der Waals surface area contributed by atoms with Crippen molar-refractivity contribution in [2.45, 2.75) is 25.9 Å². The van der Waals surface area contributed by atoms with Crippen molar-refractivity contribution in [1.82, 2.24) is 14.5 Å². The second kappa shape index (κ2) is 10.5. The van der Waals surface area contributed by atoms with Crippen LogP contribution in [0.3, 0.4) is 0 Å². The van der Waals surface area contributed by atoms with E-state index in [1.165, 1.54) is 4.90 Å². The number of esters is 1. The minimum atomic E-state index is -1.08. The monoisotopic (exact) mass is 454 g/mol. The zero-order chi connectivity index (χ0) is 24.0. The van der Waals surface area contributed by atoms with Crippen LogP contribution in [-0.4, -0.2) is 64.3 Å². The number of aromatic nitrogens is 2. The summed E-state index contributed by atoms with van der Waals surface area (Å²) in [6.45, 7) is 1.86. The molecule has 10 nitrogen and oxygen atoms in total. The number of carbonyl (C=O) groups excluding carboxylic acids is 2. The molecule has 0 fully saturated rings. The molecule has 174 valence electrons. The molecule has 0 radical (unpaired) electrons. The first-order valence-electron chi connectivity index (χ1n) is 10.4. The Morgan fingerprint density at radius 2 is 1.82 bits per heavy atom. The van der Waals surface area contributed by atoms with Crippen LogP contribution in [0.15, 0.2) is 48.5 Å². The van der Waals surface area contributed by atoms with Gasteiger partial charge in [-0.1, -0.05) is 24.3 Å². The summed E-state index contributed by atoms with van der Waals surface area (Å²) >= 11 is 0. The van der Waals surface area contributed by atoms with E-state index < -0.39 is 24.1 Å². The van der Waals surface area contributed by atoms with Crippen molar-refractivity contribution in [3.05, 3.63) is 54.1 Å². The Balaban J connectivity index is 1.80. The molecule has 1 amide bonds. The zero-order valence-electron chi connectivity index (χ0n) is 18.6. The quantitative estimate of drug-likeness (QED) is 0.473. The number of ether oxygens (including phenoxy) is 2. The predicted molar refractivity (Wildman–Crippen MR) is 121 cm³/mol. The highest BCUT2D eigenvalue weighted by Crippen LogP contribution is 2.22. The Bertz CT molecular complexity index is 1140. The second-order valence-electron chi connectivity index (χ2n) is 7.46. The lowest BCUT2D eigenvalue weighted by atomic mass is 10.1. The number of carbonyl (C=O) groups is 3. The number of benzene rings is 2. The van der Waals surface area contributed by atoms with Crippen molar-refractivity contribution in [2.75, 3.05) is 26.0 Å². The number of nitrogens with zero attached hydrogens (tertiary/aromatic N) is 3. The molecular weight excluding hydrogens is 428 g/mol. The highest BCUT2D eigenvalue weighted by molar-refractivity contribution is 5.83. The van der Waals surface area contributed by atoms with E-state index in [9.17, 15) is 19.5 Å². The number of fused-ring (bicyclic) bond motifs is 1. The van der Waals surface area contributed by atoms with Gasteiger partial charge >= 0.3 is 18.0 Å². The number of anilines is 1. The number of aliphatic carboxylic acids is 1. The molecule has 1 atom stereocenters. The molecule has 0 saturated heterocycles. The van der Waals surface area contributed by atoms with Crippen LogP contribution in [0.4, 0.5) is 10.7 Å². The lowest BCUT2D eigenvalue weighted by molar-refractivity contribution is -0.143. The molecule has 0 spiro atoms. The summed E-state index contributed by atoms with van der Waals surface area (Å²) in [6.07, 6.45) is -0.367. The van der Waals surface area contributed by atoms with E-state index in [-0.39, 0.29) is 25.5 Å². The van der Waals surface area contributed by atoms with Gasteiger partial charge in [-0.3, -0.25) is 9.36 Å². The van der Waals surface area contributed by atoms with Gasteiger partial charge in [0.1, 0.15) is 18.3 Å². The van der Waals surface area contributed by atoms with Crippen LogP contribution in [0.25, 0.3) is 11.0 Å². The highest BCUT2D eigenvalue weighted by atomic mass is 16.6. The maximum Gasteiger partial charge on any atom is 0.414 e. The Labute approximate surface area is 190 Å². The van der Waals surface area contributed by atoms with E-state index >= 15 is 0 Å². The zero-order valence-corrected chi connectivity index (χ0v) is 18.6. The maximum absolute atomic E-state index is 12.1. The van der Waals surface area contributed by atoms with Crippen LogP contribution < -0.4 is 10.1 Å². The van der Waals surface area contributed by atoms with Gasteiger partial charge < -0.3 is 24.8 Å². The van der Waals surface area contributed by atoms with Gasteiger partial charge in [0, 0.05) is 20.5 Å². The fourth-order valence-corrected chi connectivity index (χ4v) is 3.16. The first kappa shape index (κ1) is 23.6. The van der Waals surface area contributed by atoms with Gasteiger partial charge in [0.2, 0.25) is 5.95 Å². The fraction of sp³-hybridized carbons (Fsp3) is 0.304. The van der Waals surface area contributed by atoms with Gasteiger partial charge in [-0.2, -0.15) is 0 Å². The normalized spacial score (nSPS) is 11.6. The van der Waals surface area contributed by atoms with Crippen LogP contribution in [0.2, 0.25) is 0 Å². The van der Waals surface area contributed by atoms with E-state index in [2.05, 4.69) is 10.3 Å². The van der Waals surface area contributed by atoms with Gasteiger partial charge in [-0.15, -0.1) is 0 Å². The molecule has 33 heavy (non-hydrogen) atoms. The molecular formula is C23H26N4O6. The van der Waals surface area contributed by atoms with E-state index in [1.54, 1.807) is 62.0 Å². The molecule has 0 bridgehead atoms. The number of hydrogen-bond acceptors (Lipinski definition) is 7. The molecule has 3 aromatic rings. The summed E-state index contributed by atoms with van der Waals surface area (Å²) in [5, 5.41) is 12.7. The fourth-order valence-electron chi connectivity index (χ4n) is 3.16. The van der Waals surface area contributed by atoms with Gasteiger partial charge in [0.25, 0.3) is 0 Å². The number of imidazole rings is 1.